The predicted molar refractivity (Wildman–Crippen MR) is 117 cm³/mol. The minimum Gasteiger partial charge on any atom is -0.407 e. The highest BCUT2D eigenvalue weighted by Gasteiger charge is 2.49. The molecule has 0 saturated carbocycles. The number of hydrogen-bond acceptors (Lipinski definition) is 1. The average Bonchev–Trinajstić information content (AvgIpc) is 2.62. The maximum absolute atomic E-state index is 6.88. The van der Waals surface area contributed by atoms with E-state index in [9.17, 15) is 0 Å². The SMILES string of the molecule is C=C/C=C(\C)CCCO[Si](c1ccccc1)(c1ccccc1)C(C)(C)C. The van der Waals surface area contributed by atoms with Gasteiger partial charge in [0.1, 0.15) is 0 Å². The van der Waals surface area contributed by atoms with E-state index in [0.29, 0.717) is 0 Å². The van der Waals surface area contributed by atoms with Crippen molar-refractivity contribution >= 4 is 18.7 Å². The molecule has 0 fully saturated rings. The highest BCUT2D eigenvalue weighted by molar-refractivity contribution is 6.99. The van der Waals surface area contributed by atoms with Gasteiger partial charge in [-0.15, -0.1) is 0 Å². The van der Waals surface area contributed by atoms with E-state index in [2.05, 4.69) is 101 Å². The molecule has 0 aliphatic rings. The third-order valence-electron chi connectivity index (χ3n) is 4.85. The summed E-state index contributed by atoms with van der Waals surface area (Å²) in [5, 5.41) is 2.73. The lowest BCUT2D eigenvalue weighted by Gasteiger charge is -2.43. The Labute approximate surface area is 160 Å². The third kappa shape index (κ3) is 4.63. The molecular formula is C24H32OSi. The highest BCUT2D eigenvalue weighted by Crippen LogP contribution is 2.36. The number of allylic oxidation sites excluding steroid dienone is 3. The van der Waals surface area contributed by atoms with E-state index in [1.807, 2.05) is 6.08 Å². The van der Waals surface area contributed by atoms with Gasteiger partial charge in [0, 0.05) is 6.61 Å². The van der Waals surface area contributed by atoms with E-state index in [4.69, 9.17) is 4.43 Å². The fourth-order valence-corrected chi connectivity index (χ4v) is 8.23. The molecule has 2 rings (SSSR count). The van der Waals surface area contributed by atoms with Crippen molar-refractivity contribution in [3.05, 3.63) is 85.0 Å². The molecule has 0 spiro atoms. The van der Waals surface area contributed by atoms with Crippen LogP contribution < -0.4 is 10.4 Å². The first kappa shape index (κ1) is 20.4. The van der Waals surface area contributed by atoms with Crippen molar-refractivity contribution in [2.24, 2.45) is 0 Å². The second kappa shape index (κ2) is 9.16. The van der Waals surface area contributed by atoms with Crippen molar-refractivity contribution < 1.29 is 4.43 Å². The molecule has 0 aromatic heterocycles. The van der Waals surface area contributed by atoms with Gasteiger partial charge in [0.05, 0.1) is 0 Å². The summed E-state index contributed by atoms with van der Waals surface area (Å²) in [5.74, 6) is 0. The summed E-state index contributed by atoms with van der Waals surface area (Å²) in [6.07, 6.45) is 6.02. The summed E-state index contributed by atoms with van der Waals surface area (Å²) in [6.45, 7) is 13.7. The van der Waals surface area contributed by atoms with Crippen LogP contribution in [0, 0.1) is 0 Å². The predicted octanol–water partition coefficient (Wildman–Crippen LogP) is 5.48. The van der Waals surface area contributed by atoms with Crippen LogP contribution in [0.25, 0.3) is 0 Å². The Balaban J connectivity index is 2.38. The quantitative estimate of drug-likeness (QED) is 0.342. The van der Waals surface area contributed by atoms with Gasteiger partial charge < -0.3 is 4.43 Å². The lowest BCUT2D eigenvalue weighted by molar-refractivity contribution is 0.292. The van der Waals surface area contributed by atoms with Gasteiger partial charge >= 0.3 is 0 Å². The molecule has 0 aliphatic heterocycles. The fourth-order valence-electron chi connectivity index (χ4n) is 3.62. The lowest BCUT2D eigenvalue weighted by atomic mass is 10.1. The Kier molecular flexibility index (Phi) is 7.19. The summed E-state index contributed by atoms with van der Waals surface area (Å²) in [4.78, 5) is 0. The number of benzene rings is 2. The highest BCUT2D eigenvalue weighted by atomic mass is 28.4. The monoisotopic (exact) mass is 364 g/mol. The normalized spacial score (nSPS) is 12.8. The van der Waals surface area contributed by atoms with Crippen LogP contribution in [0.5, 0.6) is 0 Å². The second-order valence-electron chi connectivity index (χ2n) is 7.86. The zero-order chi connectivity index (χ0) is 19.0. The molecule has 26 heavy (non-hydrogen) atoms. The molecule has 2 aromatic rings. The summed E-state index contributed by atoms with van der Waals surface area (Å²) in [7, 11) is -2.38. The minimum absolute atomic E-state index is 0.0434. The molecule has 0 unspecified atom stereocenters. The molecule has 0 N–H and O–H groups in total. The largest absolute Gasteiger partial charge is 0.407 e. The van der Waals surface area contributed by atoms with Crippen LogP contribution in [0.1, 0.15) is 40.5 Å². The van der Waals surface area contributed by atoms with E-state index in [1.54, 1.807) is 0 Å². The van der Waals surface area contributed by atoms with Crippen LogP contribution in [-0.2, 0) is 4.43 Å². The molecule has 2 aromatic carbocycles. The van der Waals surface area contributed by atoms with Gasteiger partial charge in [0.25, 0.3) is 8.32 Å². The first-order valence-corrected chi connectivity index (χ1v) is 11.4. The molecule has 0 heterocycles. The molecule has 0 bridgehead atoms. The summed E-state index contributed by atoms with van der Waals surface area (Å²) < 4.78 is 6.88. The van der Waals surface area contributed by atoms with Gasteiger partial charge in [0.2, 0.25) is 0 Å². The van der Waals surface area contributed by atoms with E-state index in [1.165, 1.54) is 15.9 Å². The van der Waals surface area contributed by atoms with Crippen LogP contribution in [0.2, 0.25) is 5.04 Å². The first-order chi connectivity index (χ1) is 12.4. The number of rotatable bonds is 8. The topological polar surface area (TPSA) is 9.23 Å². The molecule has 0 atom stereocenters. The van der Waals surface area contributed by atoms with Crippen molar-refractivity contribution in [1.29, 1.82) is 0 Å². The van der Waals surface area contributed by atoms with Crippen molar-refractivity contribution in [1.82, 2.24) is 0 Å². The average molecular weight is 365 g/mol. The van der Waals surface area contributed by atoms with Gasteiger partial charge in [0.15, 0.2) is 0 Å². The summed E-state index contributed by atoms with van der Waals surface area (Å²) in [5.41, 5.74) is 1.35. The Bertz CT molecular complexity index is 671. The molecule has 0 aliphatic carbocycles. The zero-order valence-corrected chi connectivity index (χ0v) is 17.7. The van der Waals surface area contributed by atoms with Crippen molar-refractivity contribution in [3.8, 4) is 0 Å². The minimum atomic E-state index is -2.38. The van der Waals surface area contributed by atoms with E-state index < -0.39 is 8.32 Å². The number of hydrogen-bond donors (Lipinski definition) is 0. The Morgan fingerprint density at radius 3 is 1.88 bits per heavy atom. The van der Waals surface area contributed by atoms with Crippen LogP contribution in [0.3, 0.4) is 0 Å². The van der Waals surface area contributed by atoms with Crippen LogP contribution in [0.15, 0.2) is 85.0 Å². The molecule has 0 radical (unpaired) electrons. The molecule has 0 amide bonds. The zero-order valence-electron chi connectivity index (χ0n) is 16.7. The van der Waals surface area contributed by atoms with Crippen molar-refractivity contribution in [3.63, 3.8) is 0 Å². The van der Waals surface area contributed by atoms with Gasteiger partial charge in [-0.25, -0.2) is 0 Å². The molecule has 2 heteroatoms. The molecule has 138 valence electrons. The standard InChI is InChI=1S/C24H32OSi/c1-6-14-21(2)15-13-20-25-26(24(3,4)5,22-16-9-7-10-17-22)23-18-11-8-12-19-23/h6-12,14,16-19H,1,13,15,20H2,2-5H3/b21-14+. The Hall–Kier alpha value is -1.90. The molecule has 1 nitrogen and oxygen atoms in total. The maximum atomic E-state index is 6.88. The van der Waals surface area contributed by atoms with Gasteiger partial charge in [-0.05, 0) is 35.2 Å². The van der Waals surface area contributed by atoms with E-state index in [-0.39, 0.29) is 5.04 Å². The Morgan fingerprint density at radius 1 is 0.962 bits per heavy atom. The maximum Gasteiger partial charge on any atom is 0.261 e. The van der Waals surface area contributed by atoms with Crippen LogP contribution >= 0.6 is 0 Å². The summed E-state index contributed by atoms with van der Waals surface area (Å²) >= 11 is 0. The Morgan fingerprint density at radius 2 is 1.46 bits per heavy atom. The van der Waals surface area contributed by atoms with Crippen LogP contribution in [-0.4, -0.2) is 14.9 Å². The fraction of sp³-hybridized carbons (Fsp3) is 0.333. The second-order valence-corrected chi connectivity index (χ2v) is 12.2. The lowest BCUT2D eigenvalue weighted by Crippen LogP contribution is -2.66. The van der Waals surface area contributed by atoms with Crippen LogP contribution in [0.4, 0.5) is 0 Å². The molecule has 0 saturated heterocycles. The van der Waals surface area contributed by atoms with Gasteiger partial charge in [-0.2, -0.15) is 0 Å². The van der Waals surface area contributed by atoms with Gasteiger partial charge in [-0.3, -0.25) is 0 Å². The summed E-state index contributed by atoms with van der Waals surface area (Å²) in [6, 6.07) is 21.7. The van der Waals surface area contributed by atoms with Crippen molar-refractivity contribution in [2.45, 2.75) is 45.6 Å². The third-order valence-corrected chi connectivity index (χ3v) is 9.90. The first-order valence-electron chi connectivity index (χ1n) is 9.45. The van der Waals surface area contributed by atoms with Gasteiger partial charge in [-0.1, -0.05) is 106 Å². The molecular weight excluding hydrogens is 332 g/mol. The smallest absolute Gasteiger partial charge is 0.261 e. The van der Waals surface area contributed by atoms with E-state index >= 15 is 0 Å². The van der Waals surface area contributed by atoms with E-state index in [0.717, 1.165) is 19.4 Å². The van der Waals surface area contributed by atoms with Crippen molar-refractivity contribution in [2.75, 3.05) is 6.61 Å².